The maximum atomic E-state index is 13.5. The molecule has 5 heterocycles. The van der Waals surface area contributed by atoms with Gasteiger partial charge in [0, 0.05) is 75.4 Å². The molecule has 8 rings (SSSR count). The van der Waals surface area contributed by atoms with Crippen LogP contribution in [0.5, 0.6) is 5.75 Å². The Balaban J connectivity index is 0.743. The molecule has 12 heteroatoms. The summed E-state index contributed by atoms with van der Waals surface area (Å²) in [6.07, 6.45) is 11.6. The molecule has 4 aliphatic heterocycles. The van der Waals surface area contributed by atoms with Gasteiger partial charge in [-0.3, -0.25) is 14.5 Å². The van der Waals surface area contributed by atoms with Gasteiger partial charge in [-0.05, 0) is 126 Å². The van der Waals surface area contributed by atoms with Crippen molar-refractivity contribution in [3.8, 4) is 17.0 Å². The van der Waals surface area contributed by atoms with Crippen molar-refractivity contribution in [2.75, 3.05) is 76.2 Å². The number of phenols is 1. The zero-order chi connectivity index (χ0) is 39.2. The molecule has 306 valence electrons. The van der Waals surface area contributed by atoms with E-state index in [2.05, 4.69) is 74.2 Å². The number of carbonyl (C=O) groups excluding carboxylic acids is 2. The molecule has 2 saturated carbocycles. The molecule has 2 atom stereocenters. The second-order valence-corrected chi connectivity index (χ2v) is 19.3. The van der Waals surface area contributed by atoms with Crippen LogP contribution in [0.15, 0.2) is 30.3 Å². The Bertz CT molecular complexity index is 1690. The minimum absolute atomic E-state index is 0.0522. The van der Waals surface area contributed by atoms with E-state index in [1.807, 2.05) is 30.1 Å². The number of amides is 2. The van der Waals surface area contributed by atoms with Crippen molar-refractivity contribution in [3.63, 3.8) is 0 Å². The first-order valence-corrected chi connectivity index (χ1v) is 21.8. The van der Waals surface area contributed by atoms with Crippen LogP contribution in [-0.2, 0) is 9.59 Å². The third-order valence-corrected chi connectivity index (χ3v) is 14.7. The van der Waals surface area contributed by atoms with Crippen LogP contribution in [0.3, 0.4) is 0 Å². The standard InChI is InChI=1S/C44H67N9O3/c1-30-9-8-16-53(30)42(56)39(43(2,3)4)46-41(55)31-26-44(27-31)28-34(29-44)50-19-14-32(15-20-50)49-17-12-33(13-18-49)51-21-23-52(24-22-51)37-25-36(47-48-40(37)45-5)35-10-6-7-11-38(35)54/h6-7,10-11,25,30-34,39,54H,8-9,12-24,26-29H2,1-5H3,(H,45,48)(H,46,55). The van der Waals surface area contributed by atoms with Gasteiger partial charge in [-0.1, -0.05) is 32.9 Å². The number of nitrogens with zero attached hydrogens (tertiary/aromatic N) is 7. The predicted molar refractivity (Wildman–Crippen MR) is 222 cm³/mol. The Labute approximate surface area is 334 Å². The summed E-state index contributed by atoms with van der Waals surface area (Å²) >= 11 is 0. The molecule has 3 N–H and O–H groups in total. The lowest BCUT2D eigenvalue weighted by Crippen LogP contribution is -2.62. The zero-order valence-electron chi connectivity index (χ0n) is 34.7. The molecule has 4 saturated heterocycles. The lowest BCUT2D eigenvalue weighted by Gasteiger charge is -2.60. The summed E-state index contributed by atoms with van der Waals surface area (Å²) < 4.78 is 0. The smallest absolute Gasteiger partial charge is 0.245 e. The molecule has 2 aromatic rings. The minimum atomic E-state index is -0.458. The second-order valence-electron chi connectivity index (χ2n) is 19.3. The van der Waals surface area contributed by atoms with E-state index in [4.69, 9.17) is 0 Å². The topological polar surface area (TPSA) is 120 Å². The molecule has 0 bridgehead atoms. The Kier molecular flexibility index (Phi) is 11.3. The second kappa shape index (κ2) is 16.0. The van der Waals surface area contributed by atoms with E-state index in [0.29, 0.717) is 34.8 Å². The van der Waals surface area contributed by atoms with Gasteiger partial charge in [0.25, 0.3) is 0 Å². The molecule has 0 radical (unpaired) electrons. The number of nitrogens with one attached hydrogen (secondary N) is 2. The molecular weight excluding hydrogens is 703 g/mol. The number of aromatic hydroxyl groups is 1. The van der Waals surface area contributed by atoms with Crippen molar-refractivity contribution in [2.45, 2.75) is 122 Å². The van der Waals surface area contributed by atoms with Gasteiger partial charge in [-0.15, -0.1) is 10.2 Å². The SMILES string of the molecule is CNc1nnc(-c2ccccc2O)cc1N1CCN(C2CCN(C3CCN(C4CC5(CC(C(=O)NC(C(=O)N6CCCC6C)C(C)(C)C)C5)C4)CC3)CC2)CC1. The number of hydrogen-bond acceptors (Lipinski definition) is 10. The number of carbonyl (C=O) groups is 2. The maximum absolute atomic E-state index is 13.5. The highest BCUT2D eigenvalue weighted by atomic mass is 16.3. The van der Waals surface area contributed by atoms with Gasteiger partial charge in [-0.25, -0.2) is 0 Å². The third kappa shape index (κ3) is 7.99. The highest BCUT2D eigenvalue weighted by Crippen LogP contribution is 2.60. The normalized spacial score (nSPS) is 29.2. The number of anilines is 2. The third-order valence-electron chi connectivity index (χ3n) is 14.7. The minimum Gasteiger partial charge on any atom is -0.507 e. The molecule has 1 spiro atoms. The van der Waals surface area contributed by atoms with E-state index in [0.717, 1.165) is 69.9 Å². The maximum Gasteiger partial charge on any atom is 0.245 e. The summed E-state index contributed by atoms with van der Waals surface area (Å²) in [5.41, 5.74) is 2.48. The van der Waals surface area contributed by atoms with E-state index in [9.17, 15) is 14.7 Å². The van der Waals surface area contributed by atoms with Crippen LogP contribution < -0.4 is 15.5 Å². The van der Waals surface area contributed by atoms with Gasteiger partial charge in [-0.2, -0.15) is 0 Å². The monoisotopic (exact) mass is 770 g/mol. The summed E-state index contributed by atoms with van der Waals surface area (Å²) in [4.78, 5) is 39.6. The molecule has 1 aromatic heterocycles. The summed E-state index contributed by atoms with van der Waals surface area (Å²) in [5.74, 6) is 1.24. The Hall–Kier alpha value is -3.48. The van der Waals surface area contributed by atoms with Crippen LogP contribution >= 0.6 is 0 Å². The Morgan fingerprint density at radius 2 is 1.41 bits per heavy atom. The number of aromatic nitrogens is 2. The molecule has 6 fully saturated rings. The number of hydrogen-bond donors (Lipinski definition) is 3. The predicted octanol–water partition coefficient (Wildman–Crippen LogP) is 5.04. The number of piperidine rings is 2. The van der Waals surface area contributed by atoms with Crippen LogP contribution in [0, 0.1) is 16.7 Å². The number of rotatable bonds is 9. The summed E-state index contributed by atoms with van der Waals surface area (Å²) in [6, 6.07) is 11.2. The largest absolute Gasteiger partial charge is 0.507 e. The Morgan fingerprint density at radius 1 is 0.804 bits per heavy atom. The first kappa shape index (κ1) is 39.4. The number of benzene rings is 1. The fourth-order valence-electron chi connectivity index (χ4n) is 11.2. The van der Waals surface area contributed by atoms with Crippen LogP contribution in [0.4, 0.5) is 11.5 Å². The van der Waals surface area contributed by atoms with Crippen LogP contribution in [0.2, 0.25) is 0 Å². The van der Waals surface area contributed by atoms with E-state index in [1.165, 1.54) is 64.7 Å². The average molecular weight is 770 g/mol. The van der Waals surface area contributed by atoms with E-state index in [-0.39, 0.29) is 34.9 Å². The van der Waals surface area contributed by atoms with Crippen molar-refractivity contribution in [1.82, 2.24) is 35.1 Å². The zero-order valence-corrected chi connectivity index (χ0v) is 34.7. The Morgan fingerprint density at radius 3 is 1.98 bits per heavy atom. The van der Waals surface area contributed by atoms with Crippen LogP contribution in [0.1, 0.15) is 91.9 Å². The highest BCUT2D eigenvalue weighted by Gasteiger charge is 2.56. The van der Waals surface area contributed by atoms with Gasteiger partial charge in [0.1, 0.15) is 11.8 Å². The van der Waals surface area contributed by atoms with Crippen molar-refractivity contribution in [1.29, 1.82) is 0 Å². The molecule has 2 amide bonds. The fourth-order valence-corrected chi connectivity index (χ4v) is 11.2. The molecular formula is C44H67N9O3. The molecule has 2 aliphatic carbocycles. The molecule has 56 heavy (non-hydrogen) atoms. The molecule has 1 aromatic carbocycles. The molecule has 6 aliphatic rings. The van der Waals surface area contributed by atoms with Crippen LogP contribution in [-0.4, -0.2) is 143 Å². The van der Waals surface area contributed by atoms with Gasteiger partial charge < -0.3 is 35.3 Å². The number of phenolic OH excluding ortho intramolecular Hbond substituents is 1. The lowest BCUT2D eigenvalue weighted by atomic mass is 9.49. The number of piperazine rings is 1. The first-order valence-electron chi connectivity index (χ1n) is 21.8. The van der Waals surface area contributed by atoms with E-state index < -0.39 is 6.04 Å². The summed E-state index contributed by atoms with van der Waals surface area (Å²) in [6.45, 7) is 17.9. The summed E-state index contributed by atoms with van der Waals surface area (Å²) in [5, 5.41) is 25.7. The van der Waals surface area contributed by atoms with Crippen molar-refractivity contribution in [2.24, 2.45) is 16.7 Å². The van der Waals surface area contributed by atoms with Gasteiger partial charge in [0.15, 0.2) is 5.82 Å². The lowest BCUT2D eigenvalue weighted by molar-refractivity contribution is -0.149. The number of para-hydroxylation sites is 1. The summed E-state index contributed by atoms with van der Waals surface area (Å²) in [7, 11) is 1.89. The van der Waals surface area contributed by atoms with Crippen molar-refractivity contribution in [3.05, 3.63) is 30.3 Å². The first-order chi connectivity index (χ1) is 26.9. The quantitative estimate of drug-likeness (QED) is 0.320. The average Bonchev–Trinajstić information content (AvgIpc) is 3.61. The van der Waals surface area contributed by atoms with Gasteiger partial charge in [0.2, 0.25) is 11.8 Å². The highest BCUT2D eigenvalue weighted by molar-refractivity contribution is 5.90. The van der Waals surface area contributed by atoms with Crippen molar-refractivity contribution < 1.29 is 14.7 Å². The van der Waals surface area contributed by atoms with Gasteiger partial charge >= 0.3 is 0 Å². The van der Waals surface area contributed by atoms with Gasteiger partial charge in [0.05, 0.1) is 11.4 Å². The fraction of sp³-hybridized carbons (Fsp3) is 0.727. The van der Waals surface area contributed by atoms with Crippen molar-refractivity contribution >= 4 is 23.3 Å². The van der Waals surface area contributed by atoms with Crippen LogP contribution in [0.25, 0.3) is 11.3 Å². The molecule has 12 nitrogen and oxygen atoms in total. The van der Waals surface area contributed by atoms with E-state index in [1.54, 1.807) is 6.07 Å². The molecule has 2 unspecified atom stereocenters. The number of likely N-dealkylation sites (tertiary alicyclic amines) is 3. The van der Waals surface area contributed by atoms with E-state index >= 15 is 0 Å².